The monoisotopic (exact) mass is 343 g/mol. The molecule has 0 amide bonds. The first kappa shape index (κ1) is 17.3. The van der Waals surface area contributed by atoms with E-state index in [0.717, 1.165) is 31.5 Å². The van der Waals surface area contributed by atoms with Gasteiger partial charge in [-0.1, -0.05) is 30.3 Å². The Morgan fingerprint density at radius 1 is 1.00 bits per heavy atom. The Morgan fingerprint density at radius 2 is 1.62 bits per heavy atom. The summed E-state index contributed by atoms with van der Waals surface area (Å²) in [7, 11) is 0. The van der Waals surface area contributed by atoms with E-state index in [9.17, 15) is 10.2 Å². The quantitative estimate of drug-likeness (QED) is 0.859. The molecule has 4 heteroatoms. The van der Waals surface area contributed by atoms with Crippen LogP contribution in [-0.4, -0.2) is 39.5 Å². The van der Waals surface area contributed by atoms with E-state index in [2.05, 4.69) is 42.2 Å². The molecule has 0 bridgehead atoms. The van der Waals surface area contributed by atoms with Crippen LogP contribution in [0.4, 0.5) is 0 Å². The molecular weight excluding hydrogens is 318 g/mol. The fourth-order valence-electron chi connectivity index (χ4n) is 3.24. The maximum Gasteiger partial charge on any atom is 0.115 e. The van der Waals surface area contributed by atoms with Crippen LogP contribution in [0.25, 0.3) is 0 Å². The van der Waals surface area contributed by atoms with Crippen molar-refractivity contribution in [2.75, 3.05) is 13.1 Å². The zero-order chi connectivity index (χ0) is 16.9. The number of rotatable bonds is 5. The average molecular weight is 343 g/mol. The number of aliphatic hydroxyl groups is 1. The summed E-state index contributed by atoms with van der Waals surface area (Å²) in [6.07, 6.45) is 1.77. The summed E-state index contributed by atoms with van der Waals surface area (Å²) in [5.74, 6) is 0.234. The van der Waals surface area contributed by atoms with Gasteiger partial charge in [-0.25, -0.2) is 0 Å². The third-order valence-corrected chi connectivity index (χ3v) is 6.14. The van der Waals surface area contributed by atoms with Gasteiger partial charge in [0.15, 0.2) is 0 Å². The molecule has 2 atom stereocenters. The number of aliphatic hydroxyl groups excluding tert-OH is 1. The Kier molecular flexibility index (Phi) is 5.82. The first-order valence-corrected chi connectivity index (χ1v) is 9.44. The van der Waals surface area contributed by atoms with E-state index in [1.54, 1.807) is 24.3 Å². The summed E-state index contributed by atoms with van der Waals surface area (Å²) >= 11 is 1.97. The lowest BCUT2D eigenvalue weighted by atomic mass is 9.99. The third-order valence-electron chi connectivity index (χ3n) is 4.79. The molecule has 1 aliphatic heterocycles. The smallest absolute Gasteiger partial charge is 0.115 e. The molecule has 2 N–H and O–H groups in total. The minimum Gasteiger partial charge on any atom is -0.508 e. The molecule has 24 heavy (non-hydrogen) atoms. The molecule has 3 nitrogen and oxygen atoms in total. The molecule has 0 radical (unpaired) electrons. The van der Waals surface area contributed by atoms with Crippen molar-refractivity contribution in [3.63, 3.8) is 0 Å². The van der Waals surface area contributed by atoms with Gasteiger partial charge in [-0.2, -0.15) is 0 Å². The zero-order valence-electron chi connectivity index (χ0n) is 14.0. The van der Waals surface area contributed by atoms with Gasteiger partial charge in [0.1, 0.15) is 5.75 Å². The molecule has 2 aromatic rings. The molecule has 2 unspecified atom stereocenters. The summed E-state index contributed by atoms with van der Waals surface area (Å²) in [5.41, 5.74) is 0.862. The Bertz CT molecular complexity index is 624. The molecule has 1 saturated heterocycles. The van der Waals surface area contributed by atoms with Crippen molar-refractivity contribution >= 4 is 11.8 Å². The van der Waals surface area contributed by atoms with Gasteiger partial charge in [0.2, 0.25) is 0 Å². The van der Waals surface area contributed by atoms with Crippen LogP contribution in [-0.2, 0) is 0 Å². The van der Waals surface area contributed by atoms with Crippen LogP contribution in [0.2, 0.25) is 0 Å². The van der Waals surface area contributed by atoms with Crippen LogP contribution < -0.4 is 0 Å². The number of likely N-dealkylation sites (tertiary alicyclic amines) is 1. The number of nitrogens with zero attached hydrogens (tertiary/aromatic N) is 1. The van der Waals surface area contributed by atoms with Crippen molar-refractivity contribution in [3.05, 3.63) is 60.2 Å². The minimum absolute atomic E-state index is 0.0808. The number of phenols is 1. The van der Waals surface area contributed by atoms with Gasteiger partial charge in [0, 0.05) is 16.2 Å². The minimum atomic E-state index is -0.524. The highest BCUT2D eigenvalue weighted by Gasteiger charge is 2.27. The Hall–Kier alpha value is -1.49. The number of phenolic OH excluding ortho intramolecular Hbond substituents is 1. The van der Waals surface area contributed by atoms with Crippen molar-refractivity contribution in [1.29, 1.82) is 0 Å². The van der Waals surface area contributed by atoms with Crippen LogP contribution in [0.3, 0.4) is 0 Å². The summed E-state index contributed by atoms with van der Waals surface area (Å²) in [6.45, 7) is 4.11. The molecule has 128 valence electrons. The molecule has 0 spiro atoms. The van der Waals surface area contributed by atoms with Gasteiger partial charge in [-0.15, -0.1) is 11.8 Å². The van der Waals surface area contributed by atoms with E-state index in [-0.39, 0.29) is 11.8 Å². The lowest BCUT2D eigenvalue weighted by molar-refractivity contribution is 0.0480. The first-order valence-electron chi connectivity index (χ1n) is 8.56. The van der Waals surface area contributed by atoms with E-state index >= 15 is 0 Å². The topological polar surface area (TPSA) is 43.7 Å². The van der Waals surface area contributed by atoms with Gasteiger partial charge in [-0.05, 0) is 62.7 Å². The highest BCUT2D eigenvalue weighted by molar-refractivity contribution is 8.00. The Morgan fingerprint density at radius 3 is 2.25 bits per heavy atom. The van der Waals surface area contributed by atoms with Crippen LogP contribution in [0, 0.1) is 0 Å². The number of thioether (sulfide) groups is 1. The molecular formula is C20H25NO2S. The number of piperidine rings is 1. The van der Waals surface area contributed by atoms with Gasteiger partial charge < -0.3 is 10.2 Å². The van der Waals surface area contributed by atoms with Crippen molar-refractivity contribution in [1.82, 2.24) is 4.90 Å². The normalized spacial score (nSPS) is 19.1. The second-order valence-corrected chi connectivity index (χ2v) is 7.82. The van der Waals surface area contributed by atoms with E-state index in [1.165, 1.54) is 4.90 Å². The van der Waals surface area contributed by atoms with Crippen LogP contribution in [0.5, 0.6) is 5.75 Å². The lowest BCUT2D eigenvalue weighted by Gasteiger charge is -2.37. The van der Waals surface area contributed by atoms with E-state index in [1.807, 2.05) is 11.8 Å². The van der Waals surface area contributed by atoms with Crippen LogP contribution in [0.1, 0.15) is 31.4 Å². The summed E-state index contributed by atoms with van der Waals surface area (Å²) in [4.78, 5) is 3.72. The number of benzene rings is 2. The fourth-order valence-corrected chi connectivity index (χ4v) is 4.39. The molecule has 1 fully saturated rings. The van der Waals surface area contributed by atoms with Crippen molar-refractivity contribution in [2.24, 2.45) is 0 Å². The highest BCUT2D eigenvalue weighted by Crippen LogP contribution is 2.32. The molecule has 0 aromatic heterocycles. The Labute approximate surface area is 148 Å². The molecule has 3 rings (SSSR count). The van der Waals surface area contributed by atoms with Crippen molar-refractivity contribution in [3.8, 4) is 5.75 Å². The molecule has 2 aromatic carbocycles. The van der Waals surface area contributed by atoms with Crippen molar-refractivity contribution in [2.45, 2.75) is 42.1 Å². The van der Waals surface area contributed by atoms with Gasteiger partial charge in [-0.3, -0.25) is 4.90 Å². The average Bonchev–Trinajstić information content (AvgIpc) is 2.63. The molecule has 1 aliphatic rings. The van der Waals surface area contributed by atoms with E-state index < -0.39 is 6.10 Å². The standard InChI is InChI=1S/C20H25NO2S/c1-15(20(23)16-7-9-17(22)10-8-16)21-13-11-19(12-14-21)24-18-5-3-2-4-6-18/h2-10,15,19-20,22-23H,11-14H2,1H3. The van der Waals surface area contributed by atoms with Crippen molar-refractivity contribution < 1.29 is 10.2 Å². The van der Waals surface area contributed by atoms with Crippen LogP contribution >= 0.6 is 11.8 Å². The largest absolute Gasteiger partial charge is 0.508 e. The Balaban J connectivity index is 1.53. The molecule has 0 saturated carbocycles. The summed E-state index contributed by atoms with van der Waals surface area (Å²) < 4.78 is 0. The molecule has 0 aliphatic carbocycles. The van der Waals surface area contributed by atoms with E-state index in [0.29, 0.717) is 5.25 Å². The van der Waals surface area contributed by atoms with Gasteiger partial charge in [0.05, 0.1) is 6.10 Å². The first-order chi connectivity index (χ1) is 11.6. The van der Waals surface area contributed by atoms with E-state index in [4.69, 9.17) is 0 Å². The number of hydrogen-bond donors (Lipinski definition) is 2. The predicted molar refractivity (Wildman–Crippen MR) is 99.4 cm³/mol. The maximum absolute atomic E-state index is 10.6. The SMILES string of the molecule is CC(C(O)c1ccc(O)cc1)N1CCC(Sc2ccccc2)CC1. The number of aromatic hydroxyl groups is 1. The number of hydrogen-bond acceptors (Lipinski definition) is 4. The summed E-state index contributed by atoms with van der Waals surface area (Å²) in [5, 5.41) is 20.6. The van der Waals surface area contributed by atoms with Crippen LogP contribution in [0.15, 0.2) is 59.5 Å². The molecule has 1 heterocycles. The zero-order valence-corrected chi connectivity index (χ0v) is 14.8. The second-order valence-electron chi connectivity index (χ2n) is 6.44. The lowest BCUT2D eigenvalue weighted by Crippen LogP contribution is -2.43. The highest BCUT2D eigenvalue weighted by atomic mass is 32.2. The predicted octanol–water partition coefficient (Wildman–Crippen LogP) is 4.07. The summed E-state index contributed by atoms with van der Waals surface area (Å²) in [6, 6.07) is 17.5. The van der Waals surface area contributed by atoms with Gasteiger partial charge >= 0.3 is 0 Å². The maximum atomic E-state index is 10.6. The second kappa shape index (κ2) is 8.06. The third kappa shape index (κ3) is 4.32. The van der Waals surface area contributed by atoms with Gasteiger partial charge in [0.25, 0.3) is 0 Å². The fraction of sp³-hybridized carbons (Fsp3) is 0.400.